The third-order valence-electron chi connectivity index (χ3n) is 2.16. The third kappa shape index (κ3) is 3.31. The maximum atomic E-state index is 12.6. The van der Waals surface area contributed by atoms with Gasteiger partial charge in [0.05, 0.1) is 11.9 Å². The summed E-state index contributed by atoms with van der Waals surface area (Å²) in [5.74, 6) is 0. The number of aromatic nitrogens is 3. The van der Waals surface area contributed by atoms with Crippen molar-refractivity contribution in [3.63, 3.8) is 0 Å². The van der Waals surface area contributed by atoms with Gasteiger partial charge in [-0.15, -0.1) is 10.2 Å². The van der Waals surface area contributed by atoms with Crippen LogP contribution in [-0.2, 0) is 6.18 Å². The number of nitrogens with two attached hydrogens (primary N) is 1. The van der Waals surface area contributed by atoms with Crippen LogP contribution in [0.5, 0.6) is 0 Å². The molecule has 2 aromatic rings. The lowest BCUT2D eigenvalue weighted by Crippen LogP contribution is -2.08. The van der Waals surface area contributed by atoms with Gasteiger partial charge in [-0.1, -0.05) is 23.1 Å². The Morgan fingerprint density at radius 2 is 2.00 bits per heavy atom. The highest BCUT2D eigenvalue weighted by molar-refractivity contribution is 8.01. The van der Waals surface area contributed by atoms with Crippen LogP contribution < -0.4 is 10.6 Å². The summed E-state index contributed by atoms with van der Waals surface area (Å²) < 4.78 is 38.3. The molecule has 0 aliphatic carbocycles. The number of hydrogen-bond acceptors (Lipinski definition) is 7. The van der Waals surface area contributed by atoms with Crippen LogP contribution in [0, 0.1) is 0 Å². The van der Waals surface area contributed by atoms with Crippen molar-refractivity contribution in [3.8, 4) is 0 Å². The summed E-state index contributed by atoms with van der Waals surface area (Å²) in [6, 6.07) is 0.913. The first-order valence-electron chi connectivity index (χ1n) is 5.29. The molecule has 0 aromatic carbocycles. The molecule has 2 aromatic heterocycles. The summed E-state index contributed by atoms with van der Waals surface area (Å²) in [5.41, 5.74) is 4.83. The zero-order valence-corrected chi connectivity index (χ0v) is 12.1. The molecular formula is C10H10F3N5S2. The summed E-state index contributed by atoms with van der Waals surface area (Å²) in [4.78, 5) is 5.30. The molecule has 0 fully saturated rings. The number of anilines is 2. The molecule has 0 bridgehead atoms. The summed E-state index contributed by atoms with van der Waals surface area (Å²) in [5, 5.41) is 8.47. The quantitative estimate of drug-likeness (QED) is 0.937. The monoisotopic (exact) mass is 321 g/mol. The minimum absolute atomic E-state index is 0.171. The highest BCUT2D eigenvalue weighted by Crippen LogP contribution is 2.38. The van der Waals surface area contributed by atoms with E-state index in [4.69, 9.17) is 5.73 Å². The molecule has 2 heterocycles. The van der Waals surface area contributed by atoms with Gasteiger partial charge in [0.15, 0.2) is 4.34 Å². The van der Waals surface area contributed by atoms with Gasteiger partial charge in [-0.2, -0.15) is 13.2 Å². The van der Waals surface area contributed by atoms with Gasteiger partial charge in [0, 0.05) is 19.0 Å². The van der Waals surface area contributed by atoms with Crippen molar-refractivity contribution in [2.24, 2.45) is 0 Å². The molecule has 5 nitrogen and oxygen atoms in total. The zero-order valence-electron chi connectivity index (χ0n) is 10.5. The van der Waals surface area contributed by atoms with E-state index in [0.717, 1.165) is 24.0 Å². The van der Waals surface area contributed by atoms with Crippen molar-refractivity contribution in [1.29, 1.82) is 0 Å². The normalized spacial score (nSPS) is 11.7. The third-order valence-corrected chi connectivity index (χ3v) is 4.38. The minimum Gasteiger partial charge on any atom is -0.397 e. The fourth-order valence-corrected chi connectivity index (χ4v) is 2.98. The van der Waals surface area contributed by atoms with Crippen molar-refractivity contribution in [2.45, 2.75) is 15.4 Å². The van der Waals surface area contributed by atoms with E-state index >= 15 is 0 Å². The highest BCUT2D eigenvalue weighted by Gasteiger charge is 2.33. The molecule has 0 aliphatic heterocycles. The van der Waals surface area contributed by atoms with Gasteiger partial charge in [0.2, 0.25) is 5.13 Å². The van der Waals surface area contributed by atoms with Gasteiger partial charge in [0.25, 0.3) is 0 Å². The van der Waals surface area contributed by atoms with E-state index in [2.05, 4.69) is 15.2 Å². The van der Waals surface area contributed by atoms with Crippen LogP contribution in [0.25, 0.3) is 0 Å². The van der Waals surface area contributed by atoms with Crippen molar-refractivity contribution in [1.82, 2.24) is 15.2 Å². The molecule has 2 rings (SSSR count). The standard InChI is InChI=1S/C10H10F3N5S2/c1-18(2)8-16-17-9(20-8)19-6-3-7(10(11,12)13)15-4-5(6)14/h3-4H,14H2,1-2H3. The van der Waals surface area contributed by atoms with Crippen molar-refractivity contribution < 1.29 is 13.2 Å². The lowest BCUT2D eigenvalue weighted by Gasteiger charge is -2.08. The van der Waals surface area contributed by atoms with Gasteiger partial charge >= 0.3 is 6.18 Å². The second-order valence-corrected chi connectivity index (χ2v) is 6.20. The number of halogens is 3. The molecule has 10 heteroatoms. The maximum Gasteiger partial charge on any atom is 0.433 e. The van der Waals surface area contributed by atoms with Crippen molar-refractivity contribution in [3.05, 3.63) is 18.0 Å². The van der Waals surface area contributed by atoms with Crippen LogP contribution in [0.3, 0.4) is 0 Å². The topological polar surface area (TPSA) is 67.9 Å². The zero-order chi connectivity index (χ0) is 14.9. The fourth-order valence-electron chi connectivity index (χ4n) is 1.21. The van der Waals surface area contributed by atoms with Crippen LogP contribution in [0.15, 0.2) is 21.5 Å². The minimum atomic E-state index is -4.50. The molecule has 0 saturated carbocycles. The Balaban J connectivity index is 2.28. The number of pyridine rings is 1. The van der Waals surface area contributed by atoms with Gasteiger partial charge in [-0.25, -0.2) is 4.98 Å². The van der Waals surface area contributed by atoms with E-state index in [1.54, 1.807) is 19.0 Å². The first kappa shape index (κ1) is 14.9. The maximum absolute atomic E-state index is 12.6. The van der Waals surface area contributed by atoms with E-state index in [9.17, 15) is 13.2 Å². The predicted octanol–water partition coefficient (Wildman–Crippen LogP) is 2.75. The van der Waals surface area contributed by atoms with Crippen molar-refractivity contribution in [2.75, 3.05) is 24.7 Å². The van der Waals surface area contributed by atoms with Gasteiger partial charge in [-0.3, -0.25) is 0 Å². The number of nitrogens with zero attached hydrogens (tertiary/aromatic N) is 4. The Kier molecular flexibility index (Phi) is 4.04. The van der Waals surface area contributed by atoms with E-state index in [1.165, 1.54) is 11.3 Å². The molecular weight excluding hydrogens is 311 g/mol. The van der Waals surface area contributed by atoms with Gasteiger partial charge in [0.1, 0.15) is 5.69 Å². The summed E-state index contributed by atoms with van der Waals surface area (Å²) >= 11 is 2.30. The number of rotatable bonds is 3. The first-order chi connectivity index (χ1) is 9.27. The Labute approximate surface area is 121 Å². The van der Waals surface area contributed by atoms with E-state index in [-0.39, 0.29) is 10.6 Å². The Hall–Kier alpha value is -1.55. The van der Waals surface area contributed by atoms with Crippen LogP contribution >= 0.6 is 23.1 Å². The molecule has 0 atom stereocenters. The first-order valence-corrected chi connectivity index (χ1v) is 6.92. The molecule has 0 radical (unpaired) electrons. The molecule has 20 heavy (non-hydrogen) atoms. The SMILES string of the molecule is CN(C)c1nnc(Sc2cc(C(F)(F)F)ncc2N)s1. The fraction of sp³-hybridized carbons (Fsp3) is 0.300. The second-order valence-electron chi connectivity index (χ2n) is 3.95. The van der Waals surface area contributed by atoms with Crippen LogP contribution in [0.1, 0.15) is 5.69 Å². The Bertz CT molecular complexity index is 611. The average molecular weight is 321 g/mol. The van der Waals surface area contributed by atoms with Gasteiger partial charge in [-0.05, 0) is 6.07 Å². The van der Waals surface area contributed by atoms with E-state index in [1.807, 2.05) is 0 Å². The van der Waals surface area contributed by atoms with Crippen LogP contribution in [0.4, 0.5) is 24.0 Å². The molecule has 0 saturated heterocycles. The lowest BCUT2D eigenvalue weighted by molar-refractivity contribution is -0.141. The Morgan fingerprint density at radius 3 is 2.55 bits per heavy atom. The highest BCUT2D eigenvalue weighted by atomic mass is 32.2. The van der Waals surface area contributed by atoms with E-state index < -0.39 is 11.9 Å². The number of nitrogen functional groups attached to an aromatic ring is 1. The van der Waals surface area contributed by atoms with Crippen molar-refractivity contribution >= 4 is 33.9 Å². The second kappa shape index (κ2) is 5.44. The summed E-state index contributed by atoms with van der Waals surface area (Å²) in [6.07, 6.45) is -3.50. The largest absolute Gasteiger partial charge is 0.433 e. The summed E-state index contributed by atoms with van der Waals surface area (Å²) in [6.45, 7) is 0. The predicted molar refractivity (Wildman–Crippen MR) is 72.0 cm³/mol. The van der Waals surface area contributed by atoms with Crippen LogP contribution in [0.2, 0.25) is 0 Å². The Morgan fingerprint density at radius 1 is 1.30 bits per heavy atom. The lowest BCUT2D eigenvalue weighted by atomic mass is 10.3. The average Bonchev–Trinajstić information content (AvgIpc) is 2.79. The summed E-state index contributed by atoms with van der Waals surface area (Å²) in [7, 11) is 3.61. The van der Waals surface area contributed by atoms with Crippen LogP contribution in [-0.4, -0.2) is 29.3 Å². The smallest absolute Gasteiger partial charge is 0.397 e. The number of alkyl halides is 3. The molecule has 0 aliphatic rings. The number of hydrogen-bond donors (Lipinski definition) is 1. The molecule has 0 unspecified atom stereocenters. The molecule has 0 amide bonds. The van der Waals surface area contributed by atoms with Gasteiger partial charge < -0.3 is 10.6 Å². The molecule has 0 spiro atoms. The molecule has 108 valence electrons. The van der Waals surface area contributed by atoms with E-state index in [0.29, 0.717) is 9.47 Å². The molecule has 2 N–H and O–H groups in total.